The average Bonchev–Trinajstić information content (AvgIpc) is 2.84. The highest BCUT2D eigenvalue weighted by Crippen LogP contribution is 2.24. The van der Waals surface area contributed by atoms with Gasteiger partial charge in [-0.2, -0.15) is 0 Å². The molecule has 3 heterocycles. The number of hydrogen-bond donors (Lipinski definition) is 0. The Labute approximate surface area is 112 Å². The third kappa shape index (κ3) is 2.00. The second-order valence-electron chi connectivity index (χ2n) is 3.22. The number of rotatable bonds is 1. The predicted molar refractivity (Wildman–Crippen MR) is 63.5 cm³/mol. The Morgan fingerprint density at radius 2 is 2.06 bits per heavy atom. The summed E-state index contributed by atoms with van der Waals surface area (Å²) in [7, 11) is 0. The first kappa shape index (κ1) is 11.6. The molecule has 3 aromatic rings. The van der Waals surface area contributed by atoms with Gasteiger partial charge in [-0.05, 0) is 23.6 Å². The number of nitrogens with zero attached hydrogens (tertiary/aromatic N) is 2. The number of pyridine rings is 1. The highest BCUT2D eigenvalue weighted by Gasteiger charge is 2.04. The molecule has 2 nitrogen and oxygen atoms in total. The normalized spacial score (nSPS) is 10.3. The van der Waals surface area contributed by atoms with Crippen LogP contribution in [0.2, 0.25) is 5.02 Å². The molecule has 0 radical (unpaired) electrons. The van der Waals surface area contributed by atoms with Crippen LogP contribution in [0.1, 0.15) is 0 Å². The van der Waals surface area contributed by atoms with Gasteiger partial charge in [-0.25, -0.2) is 4.98 Å². The number of halogens is 2. The molecule has 3 rings (SSSR count). The summed E-state index contributed by atoms with van der Waals surface area (Å²) in [6.45, 7) is 0. The number of fused-ring (bicyclic) bond motifs is 1. The second-order valence-corrected chi connectivity index (χ2v) is 4.60. The summed E-state index contributed by atoms with van der Waals surface area (Å²) < 4.78 is 1.94. The zero-order valence-corrected chi connectivity index (χ0v) is 11.3. The average molecular weight is 315 g/mol. The molecule has 0 aliphatic heterocycles. The Kier molecular flexibility index (Phi) is 3.33. The van der Waals surface area contributed by atoms with Gasteiger partial charge in [0, 0.05) is 12.4 Å². The number of imidazole rings is 1. The monoisotopic (exact) mass is 313 g/mol. The van der Waals surface area contributed by atoms with E-state index < -0.39 is 0 Å². The molecule has 0 aliphatic rings. The van der Waals surface area contributed by atoms with Crippen molar-refractivity contribution in [3.8, 4) is 10.6 Å². The number of aromatic nitrogens is 2. The molecule has 82 valence electrons. The fourth-order valence-corrected chi connectivity index (χ4v) is 2.36. The van der Waals surface area contributed by atoms with Crippen molar-refractivity contribution in [3.05, 3.63) is 47.1 Å². The van der Waals surface area contributed by atoms with Gasteiger partial charge < -0.3 is 21.4 Å². The molecule has 0 fully saturated rings. The van der Waals surface area contributed by atoms with Crippen molar-refractivity contribution in [2.24, 2.45) is 0 Å². The highest BCUT2D eigenvalue weighted by atomic mass is 79.9. The van der Waals surface area contributed by atoms with E-state index in [9.17, 15) is 0 Å². The molecule has 0 atom stereocenters. The minimum Gasteiger partial charge on any atom is -1.00 e. The summed E-state index contributed by atoms with van der Waals surface area (Å²) in [5, 5.41) is 2.77. The lowest BCUT2D eigenvalue weighted by molar-refractivity contribution is -0.00000286. The van der Waals surface area contributed by atoms with Gasteiger partial charge in [0.1, 0.15) is 5.65 Å². The molecular weight excluding hydrogens is 308 g/mol. The summed E-state index contributed by atoms with van der Waals surface area (Å²) in [6.07, 6.45) is 3.86. The van der Waals surface area contributed by atoms with E-state index in [1.807, 2.05) is 40.4 Å². The van der Waals surface area contributed by atoms with E-state index in [0.29, 0.717) is 0 Å². The van der Waals surface area contributed by atoms with Crippen molar-refractivity contribution >= 4 is 28.6 Å². The zero-order chi connectivity index (χ0) is 10.3. The van der Waals surface area contributed by atoms with Crippen molar-refractivity contribution in [3.63, 3.8) is 0 Å². The predicted octanol–water partition coefficient (Wildman–Crippen LogP) is 0.720. The third-order valence-electron chi connectivity index (χ3n) is 2.19. The molecular formula is C11H7BrClN2S-. The molecule has 0 saturated heterocycles. The number of hydrogen-bond acceptors (Lipinski definition) is 2. The smallest absolute Gasteiger partial charge is 0.137 e. The van der Waals surface area contributed by atoms with Crippen LogP contribution in [0.25, 0.3) is 16.2 Å². The quantitative estimate of drug-likeness (QED) is 0.647. The molecule has 0 aliphatic carbocycles. The second kappa shape index (κ2) is 4.57. The largest absolute Gasteiger partial charge is 1.00 e. The van der Waals surface area contributed by atoms with Gasteiger partial charge in [-0.3, -0.25) is 0 Å². The summed E-state index contributed by atoms with van der Waals surface area (Å²) in [5.41, 5.74) is 1.91. The molecule has 0 amide bonds. The Morgan fingerprint density at radius 1 is 1.19 bits per heavy atom. The first-order valence-electron chi connectivity index (χ1n) is 4.51. The van der Waals surface area contributed by atoms with Crippen LogP contribution in [0.5, 0.6) is 0 Å². The van der Waals surface area contributed by atoms with Crippen molar-refractivity contribution < 1.29 is 17.0 Å². The lowest BCUT2D eigenvalue weighted by Gasteiger charge is -1.91. The zero-order valence-electron chi connectivity index (χ0n) is 8.10. The molecule has 0 N–H and O–H groups in total. The van der Waals surface area contributed by atoms with Gasteiger partial charge in [0.2, 0.25) is 0 Å². The maximum absolute atomic E-state index is 5.91. The SMILES string of the molecule is Clc1ccc2nc(-c3cccs3)cn2c1.[Br-]. The molecule has 0 spiro atoms. The van der Waals surface area contributed by atoms with Crippen LogP contribution in [0, 0.1) is 0 Å². The van der Waals surface area contributed by atoms with Crippen LogP contribution in [-0.2, 0) is 0 Å². The Bertz CT molecular complexity index is 604. The van der Waals surface area contributed by atoms with Crippen molar-refractivity contribution in [2.45, 2.75) is 0 Å². The lowest BCUT2D eigenvalue weighted by Crippen LogP contribution is -3.00. The van der Waals surface area contributed by atoms with Gasteiger partial charge in [-0.15, -0.1) is 11.3 Å². The van der Waals surface area contributed by atoms with E-state index in [2.05, 4.69) is 11.1 Å². The molecule has 3 aromatic heterocycles. The maximum Gasteiger partial charge on any atom is 0.137 e. The topological polar surface area (TPSA) is 17.3 Å². The van der Waals surface area contributed by atoms with E-state index in [-0.39, 0.29) is 17.0 Å². The molecule has 0 unspecified atom stereocenters. The Morgan fingerprint density at radius 3 is 2.81 bits per heavy atom. The van der Waals surface area contributed by atoms with E-state index in [0.717, 1.165) is 16.4 Å². The fourth-order valence-electron chi connectivity index (χ4n) is 1.51. The molecule has 0 bridgehead atoms. The van der Waals surface area contributed by atoms with Crippen LogP contribution in [0.15, 0.2) is 42.0 Å². The standard InChI is InChI=1S/C11H7ClN2S.BrH/c12-8-3-4-11-13-9(7-14(11)6-8)10-2-1-5-15-10;/h1-7H;1H/p-1. The summed E-state index contributed by atoms with van der Waals surface area (Å²) in [5.74, 6) is 0. The summed E-state index contributed by atoms with van der Waals surface area (Å²) >= 11 is 7.59. The summed E-state index contributed by atoms with van der Waals surface area (Å²) in [4.78, 5) is 5.69. The van der Waals surface area contributed by atoms with Crippen LogP contribution in [0.4, 0.5) is 0 Å². The van der Waals surface area contributed by atoms with Gasteiger partial charge in [0.25, 0.3) is 0 Å². The molecule has 5 heteroatoms. The van der Waals surface area contributed by atoms with E-state index in [1.165, 1.54) is 4.88 Å². The van der Waals surface area contributed by atoms with E-state index in [4.69, 9.17) is 11.6 Å². The Hall–Kier alpha value is -0.840. The van der Waals surface area contributed by atoms with Crippen LogP contribution in [-0.4, -0.2) is 9.38 Å². The number of thiophene rings is 1. The van der Waals surface area contributed by atoms with Crippen LogP contribution < -0.4 is 17.0 Å². The van der Waals surface area contributed by atoms with Crippen LogP contribution in [0.3, 0.4) is 0 Å². The van der Waals surface area contributed by atoms with E-state index in [1.54, 1.807) is 11.3 Å². The maximum atomic E-state index is 5.91. The molecule has 0 saturated carbocycles. The third-order valence-corrected chi connectivity index (χ3v) is 3.30. The van der Waals surface area contributed by atoms with Crippen molar-refractivity contribution in [2.75, 3.05) is 0 Å². The lowest BCUT2D eigenvalue weighted by atomic mass is 10.4. The minimum absolute atomic E-state index is 0. The minimum atomic E-state index is 0. The van der Waals surface area contributed by atoms with Gasteiger partial charge in [-0.1, -0.05) is 17.7 Å². The molecule has 0 aromatic carbocycles. The first-order valence-corrected chi connectivity index (χ1v) is 5.77. The van der Waals surface area contributed by atoms with Gasteiger partial charge in [0.05, 0.1) is 15.6 Å². The van der Waals surface area contributed by atoms with Gasteiger partial charge >= 0.3 is 0 Å². The van der Waals surface area contributed by atoms with Crippen molar-refractivity contribution in [1.29, 1.82) is 0 Å². The van der Waals surface area contributed by atoms with E-state index >= 15 is 0 Å². The highest BCUT2D eigenvalue weighted by molar-refractivity contribution is 7.13. The Balaban J connectivity index is 0.000000963. The van der Waals surface area contributed by atoms with Gasteiger partial charge in [0.15, 0.2) is 0 Å². The molecule has 16 heavy (non-hydrogen) atoms. The summed E-state index contributed by atoms with van der Waals surface area (Å²) in [6, 6.07) is 7.85. The fraction of sp³-hybridized carbons (Fsp3) is 0. The first-order chi connectivity index (χ1) is 7.33. The van der Waals surface area contributed by atoms with Crippen LogP contribution >= 0.6 is 22.9 Å². The van der Waals surface area contributed by atoms with Crippen molar-refractivity contribution in [1.82, 2.24) is 9.38 Å².